The molecule has 0 radical (unpaired) electrons. The van der Waals surface area contributed by atoms with Crippen molar-refractivity contribution in [2.45, 2.75) is 43.8 Å². The standard InChI is InChI=1S/C16H22O2Se/c1-2-18-16(17)15(13-9-5-3-6-10-13)19-14-11-7-4-8-12-14/h4,7-8,11-13,15H,2-3,5-6,9-10H2,1H3. The number of hydrogen-bond acceptors (Lipinski definition) is 2. The first kappa shape index (κ1) is 14.6. The van der Waals surface area contributed by atoms with E-state index in [1.54, 1.807) is 0 Å². The second-order valence-electron chi connectivity index (χ2n) is 5.00. The number of carbonyl (C=O) groups is 1. The Kier molecular flexibility index (Phi) is 5.93. The van der Waals surface area contributed by atoms with Crippen LogP contribution in [-0.4, -0.2) is 27.5 Å². The first-order chi connectivity index (χ1) is 9.31. The Morgan fingerprint density at radius 1 is 1.26 bits per heavy atom. The van der Waals surface area contributed by atoms with Crippen LogP contribution in [0.5, 0.6) is 0 Å². The Balaban J connectivity index is 2.06. The number of rotatable bonds is 5. The second kappa shape index (κ2) is 7.71. The van der Waals surface area contributed by atoms with Crippen LogP contribution < -0.4 is 4.46 Å². The molecule has 1 unspecified atom stereocenters. The SMILES string of the molecule is CCOC(=O)C([Se]c1ccccc1)C1CCCCC1. The van der Waals surface area contributed by atoms with Crippen LogP contribution in [0.25, 0.3) is 0 Å². The third kappa shape index (κ3) is 4.36. The van der Waals surface area contributed by atoms with E-state index >= 15 is 0 Å². The summed E-state index contributed by atoms with van der Waals surface area (Å²) in [5.41, 5.74) is 0. The number of esters is 1. The molecule has 0 N–H and O–H groups in total. The van der Waals surface area contributed by atoms with Crippen LogP contribution in [0.3, 0.4) is 0 Å². The van der Waals surface area contributed by atoms with Crippen molar-refractivity contribution in [3.05, 3.63) is 30.3 Å². The average Bonchev–Trinajstić information content (AvgIpc) is 2.47. The quantitative estimate of drug-likeness (QED) is 0.615. The van der Waals surface area contributed by atoms with Gasteiger partial charge >= 0.3 is 122 Å². The summed E-state index contributed by atoms with van der Waals surface area (Å²) in [7, 11) is 0. The summed E-state index contributed by atoms with van der Waals surface area (Å²) >= 11 is 0.190. The molecule has 104 valence electrons. The second-order valence-corrected chi connectivity index (χ2v) is 7.55. The van der Waals surface area contributed by atoms with Gasteiger partial charge in [-0.05, 0) is 0 Å². The molecule has 3 heteroatoms. The molecule has 1 fully saturated rings. The van der Waals surface area contributed by atoms with Crippen molar-refractivity contribution in [3.63, 3.8) is 0 Å². The minimum atomic E-state index is 0.0262. The van der Waals surface area contributed by atoms with Crippen LogP contribution in [0.15, 0.2) is 30.3 Å². The summed E-state index contributed by atoms with van der Waals surface area (Å²) < 4.78 is 6.61. The molecule has 2 nitrogen and oxygen atoms in total. The topological polar surface area (TPSA) is 26.3 Å². The van der Waals surface area contributed by atoms with Gasteiger partial charge in [0.15, 0.2) is 0 Å². The van der Waals surface area contributed by atoms with Crippen LogP contribution in [0.4, 0.5) is 0 Å². The van der Waals surface area contributed by atoms with Crippen molar-refractivity contribution < 1.29 is 9.53 Å². The Morgan fingerprint density at radius 2 is 1.95 bits per heavy atom. The van der Waals surface area contributed by atoms with E-state index in [1.807, 2.05) is 13.0 Å². The van der Waals surface area contributed by atoms with E-state index in [1.165, 1.54) is 36.6 Å². The van der Waals surface area contributed by atoms with E-state index in [2.05, 4.69) is 24.3 Å². The van der Waals surface area contributed by atoms with Gasteiger partial charge in [0.1, 0.15) is 0 Å². The summed E-state index contributed by atoms with van der Waals surface area (Å²) in [4.78, 5) is 12.3. The number of benzene rings is 1. The fraction of sp³-hybridized carbons (Fsp3) is 0.562. The Labute approximate surface area is 122 Å². The van der Waals surface area contributed by atoms with Gasteiger partial charge in [-0.1, -0.05) is 0 Å². The first-order valence-corrected chi connectivity index (χ1v) is 9.04. The van der Waals surface area contributed by atoms with Gasteiger partial charge < -0.3 is 0 Å². The molecular weight excluding hydrogens is 303 g/mol. The van der Waals surface area contributed by atoms with Crippen molar-refractivity contribution in [3.8, 4) is 0 Å². The zero-order chi connectivity index (χ0) is 13.5. The van der Waals surface area contributed by atoms with Gasteiger partial charge in [0, 0.05) is 0 Å². The van der Waals surface area contributed by atoms with Crippen molar-refractivity contribution in [1.29, 1.82) is 0 Å². The zero-order valence-corrected chi connectivity index (χ0v) is 13.2. The van der Waals surface area contributed by atoms with Crippen molar-refractivity contribution in [2.75, 3.05) is 6.61 Å². The van der Waals surface area contributed by atoms with Gasteiger partial charge in [-0.25, -0.2) is 0 Å². The van der Waals surface area contributed by atoms with Gasteiger partial charge in [-0.2, -0.15) is 0 Å². The number of carbonyl (C=O) groups excluding carboxylic acids is 1. The molecule has 0 aliphatic heterocycles. The monoisotopic (exact) mass is 326 g/mol. The molecule has 1 aliphatic rings. The van der Waals surface area contributed by atoms with Crippen LogP contribution in [0.2, 0.25) is 4.82 Å². The zero-order valence-electron chi connectivity index (χ0n) is 11.5. The summed E-state index contributed by atoms with van der Waals surface area (Å²) in [6.07, 6.45) is 6.25. The van der Waals surface area contributed by atoms with Gasteiger partial charge in [-0.3, -0.25) is 0 Å². The third-order valence-electron chi connectivity index (χ3n) is 3.60. The number of ether oxygens (including phenoxy) is 1. The predicted octanol–water partition coefficient (Wildman–Crippen LogP) is 2.95. The molecule has 1 aliphatic carbocycles. The van der Waals surface area contributed by atoms with Gasteiger partial charge in [0.05, 0.1) is 0 Å². The number of hydrogen-bond donors (Lipinski definition) is 0. The molecule has 1 saturated carbocycles. The molecule has 19 heavy (non-hydrogen) atoms. The van der Waals surface area contributed by atoms with E-state index < -0.39 is 0 Å². The maximum absolute atomic E-state index is 12.2. The fourth-order valence-corrected chi connectivity index (χ4v) is 5.24. The summed E-state index contributed by atoms with van der Waals surface area (Å²) in [5.74, 6) is 0.561. The molecule has 0 heterocycles. The Bertz CT molecular complexity index is 385. The van der Waals surface area contributed by atoms with Crippen molar-refractivity contribution in [2.24, 2.45) is 5.92 Å². The first-order valence-electron chi connectivity index (χ1n) is 7.19. The van der Waals surface area contributed by atoms with Crippen LogP contribution >= 0.6 is 0 Å². The van der Waals surface area contributed by atoms with Crippen LogP contribution in [-0.2, 0) is 9.53 Å². The molecule has 1 aromatic carbocycles. The van der Waals surface area contributed by atoms with E-state index in [-0.39, 0.29) is 25.7 Å². The molecular formula is C16H22O2Se. The summed E-state index contributed by atoms with van der Waals surface area (Å²) in [6, 6.07) is 10.4. The molecule has 0 saturated heterocycles. The molecule has 1 atom stereocenters. The van der Waals surface area contributed by atoms with Gasteiger partial charge in [0.2, 0.25) is 0 Å². The molecule has 2 rings (SSSR count). The van der Waals surface area contributed by atoms with Gasteiger partial charge in [0.25, 0.3) is 0 Å². The fourth-order valence-electron chi connectivity index (χ4n) is 2.64. The van der Waals surface area contributed by atoms with Gasteiger partial charge in [-0.15, -0.1) is 0 Å². The third-order valence-corrected chi connectivity index (χ3v) is 6.49. The van der Waals surface area contributed by atoms with Crippen molar-refractivity contribution >= 4 is 25.4 Å². The van der Waals surface area contributed by atoms with E-state index in [4.69, 9.17) is 4.74 Å². The summed E-state index contributed by atoms with van der Waals surface area (Å²) in [5, 5.41) is 0. The minimum absolute atomic E-state index is 0.0262. The van der Waals surface area contributed by atoms with E-state index in [9.17, 15) is 4.79 Å². The van der Waals surface area contributed by atoms with Crippen molar-refractivity contribution in [1.82, 2.24) is 0 Å². The summed E-state index contributed by atoms with van der Waals surface area (Å²) in [6.45, 7) is 2.39. The normalized spacial score (nSPS) is 17.9. The molecule has 1 aromatic rings. The molecule has 0 amide bonds. The van der Waals surface area contributed by atoms with Crippen LogP contribution in [0, 0.1) is 5.92 Å². The van der Waals surface area contributed by atoms with E-state index in [0.29, 0.717) is 12.5 Å². The molecule has 0 aromatic heterocycles. The van der Waals surface area contributed by atoms with E-state index in [0.717, 1.165) is 0 Å². The van der Waals surface area contributed by atoms with Crippen LogP contribution in [0.1, 0.15) is 39.0 Å². The Morgan fingerprint density at radius 3 is 2.58 bits per heavy atom. The maximum atomic E-state index is 12.2. The molecule has 0 bridgehead atoms. The molecule has 0 spiro atoms. The average molecular weight is 325 g/mol. The Hall–Kier alpha value is -0.791. The predicted molar refractivity (Wildman–Crippen MR) is 78.8 cm³/mol.